The molecule has 0 aliphatic rings. The maximum absolute atomic E-state index is 6.39. The van der Waals surface area contributed by atoms with Crippen LogP contribution in [0.25, 0.3) is 0 Å². The van der Waals surface area contributed by atoms with Gasteiger partial charge in [0, 0.05) is 27.1 Å². The van der Waals surface area contributed by atoms with Gasteiger partial charge in [-0.2, -0.15) is 0 Å². The molecule has 0 radical (unpaired) electrons. The number of hydrogen-bond acceptors (Lipinski definition) is 4. The van der Waals surface area contributed by atoms with Crippen LogP contribution in [0, 0.1) is 0 Å². The van der Waals surface area contributed by atoms with Crippen molar-refractivity contribution < 1.29 is 9.26 Å². The monoisotopic (exact) mass is 410 g/mol. The van der Waals surface area contributed by atoms with E-state index in [4.69, 9.17) is 49.8 Å². The average Bonchev–Trinajstić information content (AvgIpc) is 3.05. The summed E-state index contributed by atoms with van der Waals surface area (Å²) < 4.78 is 11.0. The highest BCUT2D eigenvalue weighted by molar-refractivity contribution is 6.36. The molecule has 0 saturated carbocycles. The van der Waals surface area contributed by atoms with Crippen LogP contribution in [-0.4, -0.2) is 5.16 Å². The minimum Gasteiger partial charge on any atom is -0.489 e. The average molecular weight is 412 g/mol. The van der Waals surface area contributed by atoms with Crippen LogP contribution < -0.4 is 10.5 Å². The molecule has 0 aliphatic heterocycles. The Morgan fingerprint density at radius 1 is 1.08 bits per heavy atom. The molecule has 0 bridgehead atoms. The van der Waals surface area contributed by atoms with Crippen LogP contribution in [0.1, 0.15) is 30.7 Å². The van der Waals surface area contributed by atoms with Crippen molar-refractivity contribution in [2.24, 2.45) is 0 Å². The first-order valence-corrected chi connectivity index (χ1v) is 9.00. The second kappa shape index (κ2) is 7.39. The van der Waals surface area contributed by atoms with Gasteiger partial charge in [0.25, 0.3) is 0 Å². The summed E-state index contributed by atoms with van der Waals surface area (Å²) >= 11 is 18.8. The van der Waals surface area contributed by atoms with Crippen LogP contribution in [0.3, 0.4) is 0 Å². The molecule has 136 valence electrons. The molecular weight excluding hydrogens is 395 g/mol. The molecule has 26 heavy (non-hydrogen) atoms. The van der Waals surface area contributed by atoms with Gasteiger partial charge in [-0.25, -0.2) is 0 Å². The molecule has 0 saturated heterocycles. The highest BCUT2D eigenvalue weighted by Gasteiger charge is 2.33. The van der Waals surface area contributed by atoms with Gasteiger partial charge in [0.15, 0.2) is 0 Å². The summed E-state index contributed by atoms with van der Waals surface area (Å²) in [6.45, 7) is 4.23. The Hall–Kier alpha value is -1.88. The van der Waals surface area contributed by atoms with E-state index in [-0.39, 0.29) is 6.61 Å². The van der Waals surface area contributed by atoms with E-state index in [2.05, 4.69) is 5.16 Å². The van der Waals surface area contributed by atoms with Gasteiger partial charge in [-0.15, -0.1) is 0 Å². The molecule has 0 unspecified atom stereocenters. The molecule has 3 rings (SSSR count). The Balaban J connectivity index is 1.89. The van der Waals surface area contributed by atoms with Gasteiger partial charge in [0.1, 0.15) is 24.3 Å². The lowest BCUT2D eigenvalue weighted by atomic mass is 9.80. The molecule has 7 heteroatoms. The number of halogens is 3. The zero-order valence-corrected chi connectivity index (χ0v) is 16.5. The zero-order valence-electron chi connectivity index (χ0n) is 14.2. The molecule has 0 fully saturated rings. The Morgan fingerprint density at radius 2 is 1.77 bits per heavy atom. The largest absolute Gasteiger partial charge is 0.489 e. The topological polar surface area (TPSA) is 61.3 Å². The number of nitrogens with zero attached hydrogens (tertiary/aromatic N) is 1. The van der Waals surface area contributed by atoms with E-state index in [1.807, 2.05) is 19.9 Å². The van der Waals surface area contributed by atoms with Gasteiger partial charge in [-0.1, -0.05) is 46.0 Å². The molecular formula is C19H17Cl3N2O2. The number of aromatic nitrogens is 1. The molecule has 4 nitrogen and oxygen atoms in total. The van der Waals surface area contributed by atoms with E-state index in [0.717, 1.165) is 11.1 Å². The number of ether oxygens (including phenoxy) is 1. The molecule has 1 heterocycles. The maximum Gasteiger partial charge on any atom is 0.130 e. The predicted octanol–water partition coefficient (Wildman–Crippen LogP) is 6.12. The van der Waals surface area contributed by atoms with E-state index in [1.165, 1.54) is 0 Å². The van der Waals surface area contributed by atoms with E-state index < -0.39 is 5.41 Å². The molecule has 3 aromatic rings. The van der Waals surface area contributed by atoms with Crippen LogP contribution in [0.4, 0.5) is 5.69 Å². The van der Waals surface area contributed by atoms with Crippen molar-refractivity contribution in [3.63, 3.8) is 0 Å². The van der Waals surface area contributed by atoms with E-state index in [1.54, 1.807) is 36.6 Å². The lowest BCUT2D eigenvalue weighted by Gasteiger charge is -2.26. The fourth-order valence-corrected chi connectivity index (χ4v) is 3.89. The first-order chi connectivity index (χ1) is 12.3. The molecule has 0 atom stereocenters. The zero-order chi connectivity index (χ0) is 18.9. The van der Waals surface area contributed by atoms with E-state index in [0.29, 0.717) is 32.2 Å². The summed E-state index contributed by atoms with van der Waals surface area (Å²) in [6, 6.07) is 10.5. The summed E-state index contributed by atoms with van der Waals surface area (Å²) in [6.07, 6.45) is 1.56. The van der Waals surface area contributed by atoms with Crippen molar-refractivity contribution in [3.05, 3.63) is 74.6 Å². The van der Waals surface area contributed by atoms with E-state index >= 15 is 0 Å². The van der Waals surface area contributed by atoms with Crippen molar-refractivity contribution >= 4 is 40.5 Å². The van der Waals surface area contributed by atoms with Gasteiger partial charge >= 0.3 is 0 Å². The normalized spacial score (nSPS) is 11.6. The number of nitrogen functional groups attached to an aromatic ring is 1. The number of nitrogens with two attached hydrogens (primary N) is 1. The SMILES string of the molecule is CC(C)(c1nocc1COc1ccc(N)c(Cl)c1)c1c(Cl)cccc1Cl. The van der Waals surface area contributed by atoms with Crippen LogP contribution in [0.5, 0.6) is 5.75 Å². The number of anilines is 1. The fraction of sp³-hybridized carbons (Fsp3) is 0.211. The second-order valence-electron chi connectivity index (χ2n) is 6.38. The third kappa shape index (κ3) is 3.63. The van der Waals surface area contributed by atoms with Gasteiger partial charge < -0.3 is 15.0 Å². The molecule has 2 aromatic carbocycles. The van der Waals surface area contributed by atoms with Gasteiger partial charge in [-0.3, -0.25) is 0 Å². The van der Waals surface area contributed by atoms with Crippen molar-refractivity contribution in [3.8, 4) is 5.75 Å². The minimum atomic E-state index is -0.570. The highest BCUT2D eigenvalue weighted by atomic mass is 35.5. The summed E-state index contributed by atoms with van der Waals surface area (Å²) in [4.78, 5) is 0. The molecule has 0 spiro atoms. The molecule has 2 N–H and O–H groups in total. The van der Waals surface area contributed by atoms with Gasteiger partial charge in [-0.05, 0) is 38.1 Å². The first kappa shape index (κ1) is 18.9. The van der Waals surface area contributed by atoms with Crippen molar-refractivity contribution in [1.82, 2.24) is 5.16 Å². The third-order valence-corrected chi connectivity index (χ3v) is 5.15. The fourth-order valence-electron chi connectivity index (χ4n) is 2.85. The molecule has 1 aromatic heterocycles. The van der Waals surface area contributed by atoms with Crippen LogP contribution in [0.2, 0.25) is 15.1 Å². The van der Waals surface area contributed by atoms with Crippen molar-refractivity contribution in [2.75, 3.05) is 5.73 Å². The first-order valence-electron chi connectivity index (χ1n) is 7.86. The van der Waals surface area contributed by atoms with Crippen molar-refractivity contribution in [2.45, 2.75) is 25.9 Å². The third-order valence-electron chi connectivity index (χ3n) is 4.19. The summed E-state index contributed by atoms with van der Waals surface area (Å²) in [5, 5.41) is 5.76. The number of rotatable bonds is 5. The quantitative estimate of drug-likeness (QED) is 0.514. The highest BCUT2D eigenvalue weighted by Crippen LogP contribution is 2.41. The smallest absolute Gasteiger partial charge is 0.130 e. The maximum atomic E-state index is 6.39. The lowest BCUT2D eigenvalue weighted by molar-refractivity contribution is 0.302. The Bertz CT molecular complexity index is 918. The summed E-state index contributed by atoms with van der Waals surface area (Å²) in [5.41, 5.74) is 7.93. The standard InChI is InChI=1S/C19H17Cl3N2O2/c1-19(2,17-13(20)4-3-5-14(17)21)18-11(10-26-24-18)9-25-12-6-7-16(23)15(22)8-12/h3-8,10H,9,23H2,1-2H3. The van der Waals surface area contributed by atoms with Crippen LogP contribution >= 0.6 is 34.8 Å². The van der Waals surface area contributed by atoms with Crippen LogP contribution in [0.15, 0.2) is 47.2 Å². The second-order valence-corrected chi connectivity index (χ2v) is 7.60. The molecule has 0 amide bonds. The summed E-state index contributed by atoms with van der Waals surface area (Å²) in [5.74, 6) is 0.602. The van der Waals surface area contributed by atoms with Crippen LogP contribution in [-0.2, 0) is 12.0 Å². The van der Waals surface area contributed by atoms with Gasteiger partial charge in [0.05, 0.1) is 16.3 Å². The minimum absolute atomic E-state index is 0.255. The number of benzene rings is 2. The Kier molecular flexibility index (Phi) is 5.37. The Morgan fingerprint density at radius 3 is 2.42 bits per heavy atom. The molecule has 0 aliphatic carbocycles. The number of hydrogen-bond donors (Lipinski definition) is 1. The lowest BCUT2D eigenvalue weighted by Crippen LogP contribution is -2.22. The van der Waals surface area contributed by atoms with Gasteiger partial charge in [0.2, 0.25) is 0 Å². The van der Waals surface area contributed by atoms with Crippen molar-refractivity contribution in [1.29, 1.82) is 0 Å². The predicted molar refractivity (Wildman–Crippen MR) is 105 cm³/mol. The van der Waals surface area contributed by atoms with E-state index in [9.17, 15) is 0 Å². The Labute approximate surface area is 166 Å². The summed E-state index contributed by atoms with van der Waals surface area (Å²) in [7, 11) is 0.